The lowest BCUT2D eigenvalue weighted by molar-refractivity contribution is -0.0950. The Labute approximate surface area is 119 Å². The molecule has 4 atom stereocenters. The maximum absolute atomic E-state index is 10.5. The van der Waals surface area contributed by atoms with E-state index in [4.69, 9.17) is 10.6 Å². The van der Waals surface area contributed by atoms with Crippen molar-refractivity contribution >= 4 is 17.0 Å². The third-order valence-electron chi connectivity index (χ3n) is 3.68. The number of imidazole rings is 1. The minimum Gasteiger partial charge on any atom is -0.394 e. The molecule has 0 amide bonds. The van der Waals surface area contributed by atoms with Crippen LogP contribution in [0.1, 0.15) is 13.2 Å². The van der Waals surface area contributed by atoms with Gasteiger partial charge in [0.15, 0.2) is 23.2 Å². The van der Waals surface area contributed by atoms with Crippen molar-refractivity contribution in [3.05, 3.63) is 12.7 Å². The maximum atomic E-state index is 10.5. The molecule has 10 heteroatoms. The van der Waals surface area contributed by atoms with Crippen LogP contribution < -0.4 is 11.3 Å². The lowest BCUT2D eigenvalue weighted by Gasteiger charge is -2.27. The Bertz CT molecular complexity index is 659. The van der Waals surface area contributed by atoms with E-state index >= 15 is 0 Å². The first kappa shape index (κ1) is 14.1. The van der Waals surface area contributed by atoms with Gasteiger partial charge in [0.05, 0.1) is 12.9 Å². The molecule has 0 aromatic carbocycles. The fraction of sp³-hybridized carbons (Fsp3) is 0.545. The molecule has 6 N–H and O–H groups in total. The zero-order chi connectivity index (χ0) is 15.2. The maximum Gasteiger partial charge on any atom is 0.171 e. The number of anilines is 1. The number of hydrazine groups is 1. The summed E-state index contributed by atoms with van der Waals surface area (Å²) >= 11 is 0. The highest BCUT2D eigenvalue weighted by molar-refractivity contribution is 5.82. The highest BCUT2D eigenvalue weighted by Gasteiger charge is 2.53. The summed E-state index contributed by atoms with van der Waals surface area (Å²) in [4.78, 5) is 12.2. The number of nitrogens with zero attached hydrogens (tertiary/aromatic N) is 4. The Hall–Kier alpha value is -1.85. The molecular formula is C11H16N6O4. The van der Waals surface area contributed by atoms with Gasteiger partial charge in [0.25, 0.3) is 0 Å². The highest BCUT2D eigenvalue weighted by Crippen LogP contribution is 2.39. The lowest BCUT2D eigenvalue weighted by atomic mass is 9.96. The van der Waals surface area contributed by atoms with Gasteiger partial charge in [-0.25, -0.2) is 20.8 Å². The molecule has 21 heavy (non-hydrogen) atoms. The minimum atomic E-state index is -1.61. The number of rotatable bonds is 3. The van der Waals surface area contributed by atoms with Gasteiger partial charge in [-0.3, -0.25) is 4.57 Å². The van der Waals surface area contributed by atoms with Crippen molar-refractivity contribution in [1.82, 2.24) is 19.5 Å². The third kappa shape index (κ3) is 1.96. The van der Waals surface area contributed by atoms with E-state index < -0.39 is 30.6 Å². The van der Waals surface area contributed by atoms with E-state index in [0.717, 1.165) is 0 Å². The normalized spacial score (nSPS) is 32.7. The van der Waals surface area contributed by atoms with E-state index in [0.29, 0.717) is 17.0 Å². The molecule has 0 aliphatic carbocycles. The minimum absolute atomic E-state index is 0.329. The van der Waals surface area contributed by atoms with Crippen LogP contribution in [-0.4, -0.2) is 59.3 Å². The number of nitrogen functional groups attached to an aromatic ring is 1. The summed E-state index contributed by atoms with van der Waals surface area (Å²) in [6.07, 6.45) is -0.379. The molecule has 0 radical (unpaired) electrons. The Balaban J connectivity index is 2.09. The summed E-state index contributed by atoms with van der Waals surface area (Å²) in [7, 11) is 0. The molecule has 2 aromatic heterocycles. The van der Waals surface area contributed by atoms with E-state index in [1.54, 1.807) is 0 Å². The van der Waals surface area contributed by atoms with Crippen LogP contribution in [0, 0.1) is 0 Å². The molecule has 0 bridgehead atoms. The lowest BCUT2D eigenvalue weighted by Crippen LogP contribution is -2.44. The van der Waals surface area contributed by atoms with Crippen molar-refractivity contribution < 1.29 is 20.1 Å². The van der Waals surface area contributed by atoms with Gasteiger partial charge in [-0.2, -0.15) is 0 Å². The number of hydrogen-bond donors (Lipinski definition) is 5. The second kappa shape index (κ2) is 4.86. The van der Waals surface area contributed by atoms with E-state index in [2.05, 4.69) is 20.4 Å². The summed E-state index contributed by atoms with van der Waals surface area (Å²) in [5.74, 6) is 5.68. The van der Waals surface area contributed by atoms with Crippen molar-refractivity contribution in [2.45, 2.75) is 31.0 Å². The van der Waals surface area contributed by atoms with Gasteiger partial charge < -0.3 is 25.5 Å². The summed E-state index contributed by atoms with van der Waals surface area (Å²) in [6.45, 7) is 1.01. The molecule has 1 fully saturated rings. The quantitative estimate of drug-likeness (QED) is 0.323. The average molecular weight is 296 g/mol. The predicted octanol–water partition coefficient (Wildman–Crippen LogP) is -1.89. The van der Waals surface area contributed by atoms with Gasteiger partial charge in [0.1, 0.15) is 24.1 Å². The molecule has 1 saturated heterocycles. The van der Waals surface area contributed by atoms with Gasteiger partial charge >= 0.3 is 0 Å². The van der Waals surface area contributed by atoms with Crippen molar-refractivity contribution in [2.75, 3.05) is 12.0 Å². The first-order valence-corrected chi connectivity index (χ1v) is 6.31. The van der Waals surface area contributed by atoms with Gasteiger partial charge in [-0.1, -0.05) is 0 Å². The summed E-state index contributed by atoms with van der Waals surface area (Å²) in [5, 5.41) is 29.7. The molecule has 0 unspecified atom stereocenters. The fourth-order valence-corrected chi connectivity index (χ4v) is 2.52. The first-order chi connectivity index (χ1) is 10.0. The Morgan fingerprint density at radius 3 is 2.86 bits per heavy atom. The van der Waals surface area contributed by atoms with Gasteiger partial charge in [0, 0.05) is 0 Å². The number of aromatic nitrogens is 4. The van der Waals surface area contributed by atoms with Crippen LogP contribution >= 0.6 is 0 Å². The molecule has 1 aliphatic rings. The Morgan fingerprint density at radius 1 is 1.48 bits per heavy atom. The monoisotopic (exact) mass is 296 g/mol. The number of hydrogen-bond acceptors (Lipinski definition) is 9. The van der Waals surface area contributed by atoms with E-state index in [1.807, 2.05) is 0 Å². The number of fused-ring (bicyclic) bond motifs is 1. The second-order valence-electron chi connectivity index (χ2n) is 5.07. The van der Waals surface area contributed by atoms with Crippen LogP contribution in [0.4, 0.5) is 5.82 Å². The third-order valence-corrected chi connectivity index (χ3v) is 3.68. The smallest absolute Gasteiger partial charge is 0.171 e. The molecule has 114 valence electrons. The Kier molecular flexibility index (Phi) is 3.26. The molecule has 3 rings (SSSR count). The zero-order valence-corrected chi connectivity index (χ0v) is 11.2. The molecule has 3 heterocycles. The van der Waals surface area contributed by atoms with E-state index in [9.17, 15) is 15.3 Å². The van der Waals surface area contributed by atoms with Crippen molar-refractivity contribution in [3.8, 4) is 0 Å². The van der Waals surface area contributed by atoms with Crippen LogP contribution in [0.25, 0.3) is 11.2 Å². The first-order valence-electron chi connectivity index (χ1n) is 6.31. The van der Waals surface area contributed by atoms with Gasteiger partial charge in [-0.15, -0.1) is 0 Å². The van der Waals surface area contributed by atoms with Crippen molar-refractivity contribution in [2.24, 2.45) is 5.84 Å². The molecular weight excluding hydrogens is 280 g/mol. The average Bonchev–Trinajstić information content (AvgIpc) is 2.99. The summed E-state index contributed by atoms with van der Waals surface area (Å²) in [5.41, 5.74) is 1.58. The zero-order valence-electron chi connectivity index (χ0n) is 11.2. The molecule has 2 aromatic rings. The fourth-order valence-electron chi connectivity index (χ4n) is 2.52. The summed E-state index contributed by atoms with van der Waals surface area (Å²) < 4.78 is 6.99. The van der Waals surface area contributed by atoms with Gasteiger partial charge in [-0.05, 0) is 6.92 Å². The van der Waals surface area contributed by atoms with E-state index in [-0.39, 0.29) is 0 Å². The molecule has 0 saturated carbocycles. The number of aliphatic hydroxyl groups is 3. The Morgan fingerprint density at radius 2 is 2.24 bits per heavy atom. The standard InChI is InChI=1S/C11H16N6O4/c1-11(20)7(19)5(2-18)21-10(11)17-4-15-6-8(16-12)13-3-14-9(6)17/h3-5,7,10,18-20H,2,12H2,1H3,(H,13,14,16)/t5-,7-,10-,11-/m1/s1. The number of aliphatic hydroxyl groups excluding tert-OH is 2. The SMILES string of the molecule is C[C@@]1(O)[C@H](O)[C@@H](CO)O[C@H]1n1cnc2c(NN)ncnc21. The van der Waals surface area contributed by atoms with Crippen molar-refractivity contribution in [3.63, 3.8) is 0 Å². The topological polar surface area (TPSA) is 152 Å². The highest BCUT2D eigenvalue weighted by atomic mass is 16.6. The van der Waals surface area contributed by atoms with Crippen LogP contribution in [0.2, 0.25) is 0 Å². The molecule has 0 spiro atoms. The number of nitrogens with one attached hydrogen (secondary N) is 1. The largest absolute Gasteiger partial charge is 0.394 e. The van der Waals surface area contributed by atoms with Crippen LogP contribution in [0.15, 0.2) is 12.7 Å². The molecule has 1 aliphatic heterocycles. The predicted molar refractivity (Wildman–Crippen MR) is 70.8 cm³/mol. The number of ether oxygens (including phenoxy) is 1. The van der Waals surface area contributed by atoms with Crippen LogP contribution in [0.3, 0.4) is 0 Å². The van der Waals surface area contributed by atoms with E-state index in [1.165, 1.54) is 24.1 Å². The summed E-state index contributed by atoms with van der Waals surface area (Å²) in [6, 6.07) is 0. The van der Waals surface area contributed by atoms with Gasteiger partial charge in [0.2, 0.25) is 0 Å². The second-order valence-corrected chi connectivity index (χ2v) is 5.07. The van der Waals surface area contributed by atoms with Crippen LogP contribution in [-0.2, 0) is 4.74 Å². The number of nitrogens with two attached hydrogens (primary N) is 1. The molecule has 10 nitrogen and oxygen atoms in total. The van der Waals surface area contributed by atoms with Crippen molar-refractivity contribution in [1.29, 1.82) is 0 Å². The van der Waals surface area contributed by atoms with Crippen LogP contribution in [0.5, 0.6) is 0 Å².